The van der Waals surface area contributed by atoms with Gasteiger partial charge < -0.3 is 4.90 Å². The van der Waals surface area contributed by atoms with E-state index in [4.69, 9.17) is 0 Å². The van der Waals surface area contributed by atoms with E-state index in [0.29, 0.717) is 11.6 Å². The smallest absolute Gasteiger partial charge is 0.272 e. The van der Waals surface area contributed by atoms with Gasteiger partial charge in [0.15, 0.2) is 0 Å². The first-order valence-corrected chi connectivity index (χ1v) is 7.75. The third kappa shape index (κ3) is 2.86. The molecular weight excluding hydrogens is 278 g/mol. The molecule has 1 fully saturated rings. The summed E-state index contributed by atoms with van der Waals surface area (Å²) in [5.74, 6) is 0.469. The summed E-state index contributed by atoms with van der Waals surface area (Å²) < 4.78 is 1.79. The van der Waals surface area contributed by atoms with Crippen LogP contribution < -0.4 is 0 Å². The van der Waals surface area contributed by atoms with Gasteiger partial charge in [0.05, 0.1) is 5.69 Å². The molecule has 1 saturated heterocycles. The zero-order valence-electron chi connectivity index (χ0n) is 13.0. The molecule has 0 bridgehead atoms. The third-order valence-electron chi connectivity index (χ3n) is 4.16. The third-order valence-corrected chi connectivity index (χ3v) is 4.16. The molecule has 0 N–H and O–H groups in total. The highest BCUT2D eigenvalue weighted by Crippen LogP contribution is 2.26. The number of carbonyl (C=O) groups excluding carboxylic acids is 1. The maximum absolute atomic E-state index is 12.7. The van der Waals surface area contributed by atoms with Gasteiger partial charge in [-0.05, 0) is 32.8 Å². The fourth-order valence-corrected chi connectivity index (χ4v) is 2.96. The van der Waals surface area contributed by atoms with E-state index in [-0.39, 0.29) is 11.9 Å². The molecule has 0 spiro atoms. The van der Waals surface area contributed by atoms with Crippen LogP contribution in [0.4, 0.5) is 0 Å². The first-order valence-electron chi connectivity index (χ1n) is 7.75. The number of amides is 1. The van der Waals surface area contributed by atoms with E-state index in [1.807, 2.05) is 24.9 Å². The van der Waals surface area contributed by atoms with Crippen LogP contribution in [0.2, 0.25) is 0 Å². The molecule has 1 aliphatic heterocycles. The van der Waals surface area contributed by atoms with Crippen LogP contribution in [0.5, 0.6) is 0 Å². The summed E-state index contributed by atoms with van der Waals surface area (Å²) in [4.78, 5) is 23.1. The van der Waals surface area contributed by atoms with Crippen LogP contribution in [0.3, 0.4) is 0 Å². The standard InChI is InChI=1S/C16H21N5O/c1-12(2)21-15(3-6-19-21)16(22)20-9-4-13(5-10-20)14-11-17-7-8-18-14/h3,6-8,11-13H,4-5,9-10H2,1-2H3. The molecule has 0 atom stereocenters. The lowest BCUT2D eigenvalue weighted by molar-refractivity contribution is 0.0697. The van der Waals surface area contributed by atoms with Crippen molar-refractivity contribution >= 4 is 5.91 Å². The second kappa shape index (κ2) is 6.25. The van der Waals surface area contributed by atoms with Crippen LogP contribution in [-0.4, -0.2) is 43.6 Å². The lowest BCUT2D eigenvalue weighted by atomic mass is 9.93. The van der Waals surface area contributed by atoms with Crippen LogP contribution in [0.15, 0.2) is 30.9 Å². The first kappa shape index (κ1) is 14.7. The number of likely N-dealkylation sites (tertiary alicyclic amines) is 1. The number of carbonyl (C=O) groups is 1. The molecule has 3 heterocycles. The minimum absolute atomic E-state index is 0.0730. The van der Waals surface area contributed by atoms with E-state index >= 15 is 0 Å². The van der Waals surface area contributed by atoms with Gasteiger partial charge in [-0.15, -0.1) is 0 Å². The van der Waals surface area contributed by atoms with E-state index in [0.717, 1.165) is 31.6 Å². The fourth-order valence-electron chi connectivity index (χ4n) is 2.96. The molecule has 2 aromatic heterocycles. The van der Waals surface area contributed by atoms with Crippen LogP contribution >= 0.6 is 0 Å². The van der Waals surface area contributed by atoms with Gasteiger partial charge in [-0.25, -0.2) is 0 Å². The molecule has 116 valence electrons. The summed E-state index contributed by atoms with van der Waals surface area (Å²) in [6, 6.07) is 1.99. The lowest BCUT2D eigenvalue weighted by Gasteiger charge is -2.31. The Labute approximate surface area is 130 Å². The van der Waals surface area contributed by atoms with Gasteiger partial charge in [0.25, 0.3) is 5.91 Å². The van der Waals surface area contributed by atoms with Gasteiger partial charge in [0.2, 0.25) is 0 Å². The molecule has 1 amide bonds. The Morgan fingerprint density at radius 3 is 2.64 bits per heavy atom. The SMILES string of the molecule is CC(C)n1nccc1C(=O)N1CCC(c2cnccn2)CC1. The number of piperidine rings is 1. The zero-order valence-corrected chi connectivity index (χ0v) is 13.0. The summed E-state index contributed by atoms with van der Waals surface area (Å²) in [5, 5.41) is 4.25. The quantitative estimate of drug-likeness (QED) is 0.872. The number of aromatic nitrogens is 4. The van der Waals surface area contributed by atoms with Crippen molar-refractivity contribution in [2.24, 2.45) is 0 Å². The predicted octanol–water partition coefficient (Wildman–Crippen LogP) is 2.27. The Morgan fingerprint density at radius 2 is 2.00 bits per heavy atom. The number of nitrogens with zero attached hydrogens (tertiary/aromatic N) is 5. The number of rotatable bonds is 3. The van der Waals surface area contributed by atoms with Crippen molar-refractivity contribution in [3.8, 4) is 0 Å². The molecule has 2 aromatic rings. The monoisotopic (exact) mass is 299 g/mol. The molecule has 6 nitrogen and oxygen atoms in total. The minimum atomic E-state index is 0.0730. The highest BCUT2D eigenvalue weighted by molar-refractivity contribution is 5.92. The summed E-state index contributed by atoms with van der Waals surface area (Å²) >= 11 is 0. The molecule has 3 rings (SSSR count). The lowest BCUT2D eigenvalue weighted by Crippen LogP contribution is -2.39. The molecule has 0 unspecified atom stereocenters. The van der Waals surface area contributed by atoms with E-state index < -0.39 is 0 Å². The summed E-state index contributed by atoms with van der Waals surface area (Å²) in [6.07, 6.45) is 8.80. The van der Waals surface area contributed by atoms with Crippen LogP contribution in [0, 0.1) is 0 Å². The van der Waals surface area contributed by atoms with Gasteiger partial charge in [0.1, 0.15) is 5.69 Å². The van der Waals surface area contributed by atoms with Crippen molar-refractivity contribution in [2.75, 3.05) is 13.1 Å². The van der Waals surface area contributed by atoms with Gasteiger partial charge in [-0.1, -0.05) is 0 Å². The van der Waals surface area contributed by atoms with Crippen LogP contribution in [0.1, 0.15) is 54.8 Å². The average Bonchev–Trinajstić information content (AvgIpc) is 3.05. The molecular formula is C16H21N5O. The summed E-state index contributed by atoms with van der Waals surface area (Å²) in [5.41, 5.74) is 1.70. The Balaban J connectivity index is 1.66. The van der Waals surface area contributed by atoms with E-state index in [1.54, 1.807) is 29.3 Å². The maximum Gasteiger partial charge on any atom is 0.272 e. The Bertz CT molecular complexity index is 629. The molecule has 6 heteroatoms. The van der Waals surface area contributed by atoms with Crippen molar-refractivity contribution < 1.29 is 4.79 Å². The molecule has 1 aliphatic rings. The molecule has 0 radical (unpaired) electrons. The van der Waals surface area contributed by atoms with Gasteiger partial charge in [0, 0.05) is 49.8 Å². The largest absolute Gasteiger partial charge is 0.337 e. The van der Waals surface area contributed by atoms with Crippen molar-refractivity contribution in [1.82, 2.24) is 24.6 Å². The zero-order chi connectivity index (χ0) is 15.5. The summed E-state index contributed by atoms with van der Waals surface area (Å²) in [6.45, 7) is 5.57. The van der Waals surface area contributed by atoms with Gasteiger partial charge in [-0.2, -0.15) is 5.10 Å². The van der Waals surface area contributed by atoms with E-state index in [9.17, 15) is 4.79 Å². The van der Waals surface area contributed by atoms with E-state index in [2.05, 4.69) is 15.1 Å². The molecule has 0 aliphatic carbocycles. The first-order chi connectivity index (χ1) is 10.7. The summed E-state index contributed by atoms with van der Waals surface area (Å²) in [7, 11) is 0. The normalized spacial score (nSPS) is 16.2. The highest BCUT2D eigenvalue weighted by atomic mass is 16.2. The van der Waals surface area contributed by atoms with Crippen LogP contribution in [-0.2, 0) is 0 Å². The fraction of sp³-hybridized carbons (Fsp3) is 0.500. The van der Waals surface area contributed by atoms with Crippen molar-refractivity contribution in [3.63, 3.8) is 0 Å². The highest BCUT2D eigenvalue weighted by Gasteiger charge is 2.27. The Morgan fingerprint density at radius 1 is 1.23 bits per heavy atom. The van der Waals surface area contributed by atoms with Crippen molar-refractivity contribution in [2.45, 2.75) is 38.6 Å². The average molecular weight is 299 g/mol. The number of hydrogen-bond acceptors (Lipinski definition) is 4. The van der Waals surface area contributed by atoms with Crippen molar-refractivity contribution in [3.05, 3.63) is 42.2 Å². The Kier molecular flexibility index (Phi) is 4.18. The topological polar surface area (TPSA) is 63.9 Å². The van der Waals surface area contributed by atoms with Crippen LogP contribution in [0.25, 0.3) is 0 Å². The second-order valence-electron chi connectivity index (χ2n) is 5.95. The second-order valence-corrected chi connectivity index (χ2v) is 5.95. The van der Waals surface area contributed by atoms with E-state index in [1.165, 1.54) is 0 Å². The molecule has 0 aromatic carbocycles. The molecule has 22 heavy (non-hydrogen) atoms. The van der Waals surface area contributed by atoms with Crippen molar-refractivity contribution in [1.29, 1.82) is 0 Å². The van der Waals surface area contributed by atoms with Gasteiger partial charge in [-0.3, -0.25) is 19.4 Å². The molecule has 0 saturated carbocycles. The Hall–Kier alpha value is -2.24. The predicted molar refractivity (Wildman–Crippen MR) is 82.5 cm³/mol. The van der Waals surface area contributed by atoms with Gasteiger partial charge >= 0.3 is 0 Å². The minimum Gasteiger partial charge on any atom is -0.337 e. The number of hydrogen-bond donors (Lipinski definition) is 0. The maximum atomic E-state index is 12.7.